The van der Waals surface area contributed by atoms with Gasteiger partial charge in [-0.1, -0.05) is 13.8 Å². The molecule has 1 fully saturated rings. The molecule has 0 saturated carbocycles. The van der Waals surface area contributed by atoms with Gasteiger partial charge in [0.05, 0.1) is 0 Å². The van der Waals surface area contributed by atoms with Gasteiger partial charge < -0.3 is 4.74 Å². The Labute approximate surface area is 122 Å². The fourth-order valence-corrected chi connectivity index (χ4v) is 2.02. The van der Waals surface area contributed by atoms with E-state index in [0.29, 0.717) is 13.0 Å². The van der Waals surface area contributed by atoms with E-state index in [2.05, 4.69) is 16.8 Å². The minimum Gasteiger partial charge on any atom is -0.464 e. The lowest BCUT2D eigenvalue weighted by Gasteiger charge is -2.13. The number of hydrogen-bond donors (Lipinski definition) is 0. The summed E-state index contributed by atoms with van der Waals surface area (Å²) < 4.78 is 4.97. The van der Waals surface area contributed by atoms with E-state index in [4.69, 9.17) is 4.74 Å². The van der Waals surface area contributed by atoms with E-state index in [1.807, 2.05) is 31.5 Å². The van der Waals surface area contributed by atoms with Crippen LogP contribution in [-0.2, 0) is 16.0 Å². The Morgan fingerprint density at radius 1 is 1.25 bits per heavy atom. The molecule has 0 amide bonds. The lowest BCUT2D eigenvalue weighted by molar-refractivity contribution is -0.143. The predicted molar refractivity (Wildman–Crippen MR) is 80.5 cm³/mol. The van der Waals surface area contributed by atoms with Crippen molar-refractivity contribution in [3.63, 3.8) is 0 Å². The van der Waals surface area contributed by atoms with Gasteiger partial charge in [0.1, 0.15) is 6.61 Å². The summed E-state index contributed by atoms with van der Waals surface area (Å²) in [5.74, 6) is -0.0887. The van der Waals surface area contributed by atoms with Crippen LogP contribution in [0.3, 0.4) is 0 Å². The van der Waals surface area contributed by atoms with E-state index in [9.17, 15) is 4.79 Å². The molecule has 20 heavy (non-hydrogen) atoms. The Morgan fingerprint density at radius 3 is 2.40 bits per heavy atom. The zero-order valence-corrected chi connectivity index (χ0v) is 12.7. The van der Waals surface area contributed by atoms with E-state index in [-0.39, 0.29) is 5.97 Å². The maximum absolute atomic E-state index is 10.7. The van der Waals surface area contributed by atoms with Crippen molar-refractivity contribution >= 4 is 5.97 Å². The van der Waals surface area contributed by atoms with Gasteiger partial charge >= 0.3 is 5.97 Å². The number of nitrogens with zero attached hydrogens (tertiary/aromatic N) is 2. The molecule has 2 heterocycles. The summed E-state index contributed by atoms with van der Waals surface area (Å²) in [5, 5.41) is 0. The number of likely N-dealkylation sites (tertiary alicyclic amines) is 1. The van der Waals surface area contributed by atoms with Crippen molar-refractivity contribution in [1.29, 1.82) is 0 Å². The largest absolute Gasteiger partial charge is 0.464 e. The molecule has 1 aliphatic rings. The first-order valence-corrected chi connectivity index (χ1v) is 7.53. The fraction of sp³-hybridized carbons (Fsp3) is 0.625. The van der Waals surface area contributed by atoms with Gasteiger partial charge in [0.25, 0.3) is 0 Å². The summed E-state index contributed by atoms with van der Waals surface area (Å²) in [6, 6.07) is 4.06. The molecule has 2 rings (SSSR count). The molecule has 1 aliphatic heterocycles. The van der Waals surface area contributed by atoms with Crippen molar-refractivity contribution < 1.29 is 9.53 Å². The number of carbonyl (C=O) groups excluding carboxylic acids is 1. The molecule has 4 nitrogen and oxygen atoms in total. The molecule has 0 bridgehead atoms. The molecule has 0 aromatic carbocycles. The van der Waals surface area contributed by atoms with Gasteiger partial charge in [-0.15, -0.1) is 0 Å². The van der Waals surface area contributed by atoms with E-state index >= 15 is 0 Å². The Kier molecular flexibility index (Phi) is 8.63. The number of esters is 1. The van der Waals surface area contributed by atoms with Crippen LogP contribution in [0.4, 0.5) is 0 Å². The van der Waals surface area contributed by atoms with Crippen molar-refractivity contribution in [3.05, 3.63) is 30.1 Å². The van der Waals surface area contributed by atoms with E-state index in [1.54, 1.807) is 0 Å². The smallest absolute Gasteiger partial charge is 0.305 e. The molecule has 0 atom stereocenters. The molecule has 0 radical (unpaired) electrons. The Bertz CT molecular complexity index is 362. The van der Waals surface area contributed by atoms with Crippen LogP contribution in [0.25, 0.3) is 0 Å². The van der Waals surface area contributed by atoms with Crippen molar-refractivity contribution in [3.8, 4) is 0 Å². The number of aromatic nitrogens is 1. The third kappa shape index (κ3) is 7.24. The van der Waals surface area contributed by atoms with Crippen molar-refractivity contribution in [2.24, 2.45) is 0 Å². The first-order valence-electron chi connectivity index (χ1n) is 7.53. The van der Waals surface area contributed by atoms with E-state index in [1.165, 1.54) is 31.5 Å². The standard InChI is InChI=1S/C9H17NO2.C7H9N/c1-2-9(11)12-8-7-10-5-3-4-6-10;1-2-7-3-5-8-6-4-7/h2-8H2,1H3;3-6H,2H2,1H3. The topological polar surface area (TPSA) is 42.4 Å². The van der Waals surface area contributed by atoms with E-state index in [0.717, 1.165) is 13.0 Å². The highest BCUT2D eigenvalue weighted by Crippen LogP contribution is 2.05. The summed E-state index contributed by atoms with van der Waals surface area (Å²) in [6.45, 7) is 7.76. The lowest BCUT2D eigenvalue weighted by Crippen LogP contribution is -2.24. The highest BCUT2D eigenvalue weighted by molar-refractivity contribution is 5.68. The van der Waals surface area contributed by atoms with Gasteiger partial charge in [0.2, 0.25) is 0 Å². The highest BCUT2D eigenvalue weighted by atomic mass is 16.5. The monoisotopic (exact) mass is 278 g/mol. The van der Waals surface area contributed by atoms with Gasteiger partial charge in [-0.25, -0.2) is 0 Å². The predicted octanol–water partition coefficient (Wildman–Crippen LogP) is 2.68. The van der Waals surface area contributed by atoms with Gasteiger partial charge in [-0.3, -0.25) is 14.7 Å². The number of aryl methyl sites for hydroxylation is 1. The van der Waals surface area contributed by atoms with Crippen LogP contribution in [0.1, 0.15) is 38.7 Å². The first kappa shape index (κ1) is 16.6. The molecular formula is C16H26N2O2. The van der Waals surface area contributed by atoms with Crippen molar-refractivity contribution in [2.45, 2.75) is 39.5 Å². The third-order valence-corrected chi connectivity index (χ3v) is 3.32. The number of hydrogen-bond acceptors (Lipinski definition) is 4. The molecule has 1 aromatic rings. The first-order chi connectivity index (χ1) is 9.76. The van der Waals surface area contributed by atoms with Crippen molar-refractivity contribution in [2.75, 3.05) is 26.2 Å². The maximum Gasteiger partial charge on any atom is 0.305 e. The molecule has 1 aromatic heterocycles. The quantitative estimate of drug-likeness (QED) is 0.777. The summed E-state index contributed by atoms with van der Waals surface area (Å²) in [4.78, 5) is 17.0. The maximum atomic E-state index is 10.7. The lowest BCUT2D eigenvalue weighted by atomic mass is 10.2. The van der Waals surface area contributed by atoms with Crippen LogP contribution in [0.5, 0.6) is 0 Å². The second-order valence-corrected chi connectivity index (χ2v) is 4.83. The minimum absolute atomic E-state index is 0.0887. The number of pyridine rings is 1. The SMILES string of the molecule is CCC(=O)OCCN1CCCC1.CCc1ccncc1. The molecule has 0 unspecified atom stereocenters. The number of rotatable bonds is 5. The Morgan fingerprint density at radius 2 is 1.90 bits per heavy atom. The van der Waals surface area contributed by atoms with Crippen LogP contribution in [0, 0.1) is 0 Å². The normalized spacial score (nSPS) is 14.5. The summed E-state index contributed by atoms with van der Waals surface area (Å²) >= 11 is 0. The molecule has 0 N–H and O–H groups in total. The molecule has 0 spiro atoms. The van der Waals surface area contributed by atoms with Gasteiger partial charge in [-0.05, 0) is 50.0 Å². The zero-order valence-electron chi connectivity index (χ0n) is 12.7. The summed E-state index contributed by atoms with van der Waals surface area (Å²) in [5.41, 5.74) is 1.35. The Balaban J connectivity index is 0.000000217. The van der Waals surface area contributed by atoms with Crippen molar-refractivity contribution in [1.82, 2.24) is 9.88 Å². The average molecular weight is 278 g/mol. The van der Waals surface area contributed by atoms with Crippen LogP contribution < -0.4 is 0 Å². The molecule has 0 aliphatic carbocycles. The Hall–Kier alpha value is -1.42. The molecule has 112 valence electrons. The summed E-state index contributed by atoms with van der Waals surface area (Å²) in [7, 11) is 0. The van der Waals surface area contributed by atoms with Gasteiger partial charge in [-0.2, -0.15) is 0 Å². The second kappa shape index (κ2) is 10.4. The summed E-state index contributed by atoms with van der Waals surface area (Å²) in [6.07, 6.45) is 7.81. The van der Waals surface area contributed by atoms with Gasteiger partial charge in [0, 0.05) is 25.4 Å². The number of ether oxygens (including phenoxy) is 1. The van der Waals surface area contributed by atoms with Crippen LogP contribution in [-0.4, -0.2) is 42.1 Å². The molecule has 1 saturated heterocycles. The fourth-order valence-electron chi connectivity index (χ4n) is 2.02. The average Bonchev–Trinajstić information content (AvgIpc) is 3.02. The minimum atomic E-state index is -0.0887. The molecule has 4 heteroatoms. The van der Waals surface area contributed by atoms with Crippen LogP contribution >= 0.6 is 0 Å². The van der Waals surface area contributed by atoms with E-state index < -0.39 is 0 Å². The zero-order chi connectivity index (χ0) is 14.6. The van der Waals surface area contributed by atoms with Crippen LogP contribution in [0.2, 0.25) is 0 Å². The van der Waals surface area contributed by atoms with Gasteiger partial charge in [0.15, 0.2) is 0 Å². The van der Waals surface area contributed by atoms with Crippen LogP contribution in [0.15, 0.2) is 24.5 Å². The molecular weight excluding hydrogens is 252 g/mol. The highest BCUT2D eigenvalue weighted by Gasteiger charge is 2.10. The third-order valence-electron chi connectivity index (χ3n) is 3.32. The second-order valence-electron chi connectivity index (χ2n) is 4.83. The number of carbonyl (C=O) groups is 1.